The molecule has 0 fully saturated rings. The summed E-state index contributed by atoms with van der Waals surface area (Å²) in [6, 6.07) is 11.9. The second-order valence-electron chi connectivity index (χ2n) is 4.11. The molecule has 0 aliphatic heterocycles. The molecular weight excluding hydrogens is 270 g/mol. The minimum Gasteiger partial charge on any atom is -0.308 e. The van der Waals surface area contributed by atoms with Crippen LogP contribution in [-0.2, 0) is 0 Å². The van der Waals surface area contributed by atoms with Gasteiger partial charge in [-0.15, -0.1) is 6.42 Å². The van der Waals surface area contributed by atoms with Gasteiger partial charge < -0.3 is 10.6 Å². The van der Waals surface area contributed by atoms with Crippen molar-refractivity contribution in [2.24, 2.45) is 0 Å². The van der Waals surface area contributed by atoms with Crippen LogP contribution in [0, 0.1) is 22.5 Å². The van der Waals surface area contributed by atoms with Gasteiger partial charge in [0.15, 0.2) is 0 Å². The molecule has 0 saturated heterocycles. The van der Waals surface area contributed by atoms with Crippen molar-refractivity contribution in [3.05, 3.63) is 64.2 Å². The lowest BCUT2D eigenvalue weighted by atomic mass is 10.2. The SMILES string of the molecule is C#Cc1cccc(NC(=O)Nc2ccc([N+](=O)[O-])cc2)c1. The summed E-state index contributed by atoms with van der Waals surface area (Å²) in [4.78, 5) is 21.8. The molecule has 104 valence electrons. The van der Waals surface area contributed by atoms with Crippen LogP contribution >= 0.6 is 0 Å². The van der Waals surface area contributed by atoms with Crippen LogP contribution in [0.5, 0.6) is 0 Å². The zero-order valence-corrected chi connectivity index (χ0v) is 10.9. The van der Waals surface area contributed by atoms with Gasteiger partial charge in [0.1, 0.15) is 0 Å². The maximum Gasteiger partial charge on any atom is 0.323 e. The fourth-order valence-corrected chi connectivity index (χ4v) is 1.65. The maximum absolute atomic E-state index is 11.8. The lowest BCUT2D eigenvalue weighted by Gasteiger charge is -2.07. The van der Waals surface area contributed by atoms with Crippen LogP contribution in [-0.4, -0.2) is 11.0 Å². The first-order valence-electron chi connectivity index (χ1n) is 5.97. The van der Waals surface area contributed by atoms with Gasteiger partial charge in [-0.05, 0) is 30.3 Å². The average Bonchev–Trinajstić information content (AvgIpc) is 2.47. The molecule has 0 bridgehead atoms. The van der Waals surface area contributed by atoms with Crippen molar-refractivity contribution in [3.8, 4) is 12.3 Å². The lowest BCUT2D eigenvalue weighted by molar-refractivity contribution is -0.384. The fourth-order valence-electron chi connectivity index (χ4n) is 1.65. The Labute approximate surface area is 120 Å². The first-order valence-corrected chi connectivity index (χ1v) is 5.97. The number of nitro benzene ring substituents is 1. The molecule has 0 spiro atoms. The smallest absolute Gasteiger partial charge is 0.308 e. The summed E-state index contributed by atoms with van der Waals surface area (Å²) in [5.74, 6) is 2.47. The molecule has 0 aromatic heterocycles. The number of rotatable bonds is 3. The number of urea groups is 1. The van der Waals surface area contributed by atoms with E-state index in [1.807, 2.05) is 0 Å². The molecule has 0 atom stereocenters. The van der Waals surface area contributed by atoms with E-state index < -0.39 is 11.0 Å². The number of nitrogens with one attached hydrogen (secondary N) is 2. The summed E-state index contributed by atoms with van der Waals surface area (Å²) in [5, 5.41) is 15.7. The van der Waals surface area contributed by atoms with Crippen LogP contribution in [0.2, 0.25) is 0 Å². The lowest BCUT2D eigenvalue weighted by Crippen LogP contribution is -2.19. The van der Waals surface area contributed by atoms with Crippen molar-refractivity contribution in [2.75, 3.05) is 10.6 Å². The van der Waals surface area contributed by atoms with Gasteiger partial charge in [-0.1, -0.05) is 12.0 Å². The topological polar surface area (TPSA) is 84.3 Å². The maximum atomic E-state index is 11.8. The third-order valence-electron chi connectivity index (χ3n) is 2.62. The van der Waals surface area contributed by atoms with Crippen molar-refractivity contribution in [3.63, 3.8) is 0 Å². The summed E-state index contributed by atoms with van der Waals surface area (Å²) >= 11 is 0. The van der Waals surface area contributed by atoms with E-state index in [0.29, 0.717) is 16.9 Å². The van der Waals surface area contributed by atoms with Crippen LogP contribution in [0.3, 0.4) is 0 Å². The van der Waals surface area contributed by atoms with Gasteiger partial charge >= 0.3 is 6.03 Å². The highest BCUT2D eigenvalue weighted by Gasteiger charge is 2.06. The predicted molar refractivity (Wildman–Crippen MR) is 80.1 cm³/mol. The normalized spacial score (nSPS) is 9.48. The monoisotopic (exact) mass is 281 g/mol. The van der Waals surface area contributed by atoms with E-state index in [1.165, 1.54) is 24.3 Å². The zero-order chi connectivity index (χ0) is 15.2. The Hall–Kier alpha value is -3.33. The number of benzene rings is 2. The Morgan fingerprint density at radius 2 is 1.76 bits per heavy atom. The van der Waals surface area contributed by atoms with E-state index in [9.17, 15) is 14.9 Å². The number of non-ortho nitro benzene ring substituents is 1. The van der Waals surface area contributed by atoms with Gasteiger partial charge in [-0.25, -0.2) is 4.79 Å². The summed E-state index contributed by atoms with van der Waals surface area (Å²) in [5.41, 5.74) is 1.63. The number of carbonyl (C=O) groups excluding carboxylic acids is 1. The van der Waals surface area contributed by atoms with E-state index in [-0.39, 0.29) is 5.69 Å². The highest BCUT2D eigenvalue weighted by Crippen LogP contribution is 2.16. The van der Waals surface area contributed by atoms with E-state index in [1.54, 1.807) is 24.3 Å². The van der Waals surface area contributed by atoms with E-state index in [0.717, 1.165) is 0 Å². The molecule has 6 nitrogen and oxygen atoms in total. The molecular formula is C15H11N3O3. The van der Waals surface area contributed by atoms with Crippen molar-refractivity contribution in [1.29, 1.82) is 0 Å². The standard InChI is InChI=1S/C15H11N3O3/c1-2-11-4-3-5-13(10-11)17-15(19)16-12-6-8-14(9-7-12)18(20)21/h1,3-10H,(H2,16,17,19). The van der Waals surface area contributed by atoms with Crippen molar-refractivity contribution in [2.45, 2.75) is 0 Å². The molecule has 2 aromatic carbocycles. The summed E-state index contributed by atoms with van der Waals surface area (Å²) in [7, 11) is 0. The molecule has 6 heteroatoms. The van der Waals surface area contributed by atoms with Crippen molar-refractivity contribution in [1.82, 2.24) is 0 Å². The number of nitrogens with zero attached hydrogens (tertiary/aromatic N) is 1. The molecule has 0 aliphatic rings. The molecule has 2 rings (SSSR count). The zero-order valence-electron chi connectivity index (χ0n) is 10.9. The Morgan fingerprint density at radius 3 is 2.38 bits per heavy atom. The molecule has 21 heavy (non-hydrogen) atoms. The first-order chi connectivity index (χ1) is 10.1. The average molecular weight is 281 g/mol. The van der Waals surface area contributed by atoms with Crippen molar-refractivity contribution >= 4 is 23.1 Å². The highest BCUT2D eigenvalue weighted by atomic mass is 16.6. The van der Waals surface area contributed by atoms with Crippen LogP contribution in [0.25, 0.3) is 0 Å². The predicted octanol–water partition coefficient (Wildman–Crippen LogP) is 3.22. The van der Waals surface area contributed by atoms with Crippen LogP contribution in [0.4, 0.5) is 21.9 Å². The van der Waals surface area contributed by atoms with Gasteiger partial charge in [-0.3, -0.25) is 10.1 Å². The summed E-state index contributed by atoms with van der Waals surface area (Å²) < 4.78 is 0. The molecule has 0 saturated carbocycles. The van der Waals surface area contributed by atoms with Gasteiger partial charge in [0.25, 0.3) is 5.69 Å². The Kier molecular flexibility index (Phi) is 4.17. The number of amides is 2. The first kappa shape index (κ1) is 14.1. The van der Waals surface area contributed by atoms with Crippen LogP contribution in [0.1, 0.15) is 5.56 Å². The quantitative estimate of drug-likeness (QED) is 0.514. The molecule has 2 aromatic rings. The molecule has 0 aliphatic carbocycles. The van der Waals surface area contributed by atoms with Gasteiger partial charge in [0.2, 0.25) is 0 Å². The summed E-state index contributed by atoms with van der Waals surface area (Å²) in [6.07, 6.45) is 5.28. The Morgan fingerprint density at radius 1 is 1.10 bits per heavy atom. The second kappa shape index (κ2) is 6.21. The third-order valence-corrected chi connectivity index (χ3v) is 2.62. The van der Waals surface area contributed by atoms with Crippen molar-refractivity contribution < 1.29 is 9.72 Å². The number of nitro groups is 1. The summed E-state index contributed by atoms with van der Waals surface area (Å²) in [6.45, 7) is 0. The second-order valence-corrected chi connectivity index (χ2v) is 4.11. The molecule has 2 N–H and O–H groups in total. The molecule has 2 amide bonds. The van der Waals surface area contributed by atoms with E-state index >= 15 is 0 Å². The largest absolute Gasteiger partial charge is 0.323 e. The van der Waals surface area contributed by atoms with E-state index in [2.05, 4.69) is 16.6 Å². The molecule has 0 unspecified atom stereocenters. The number of hydrogen-bond acceptors (Lipinski definition) is 3. The highest BCUT2D eigenvalue weighted by molar-refractivity contribution is 5.99. The molecule has 0 heterocycles. The molecule has 0 radical (unpaired) electrons. The minimum atomic E-state index is -0.505. The third kappa shape index (κ3) is 3.81. The number of terminal acetylenes is 1. The van der Waals surface area contributed by atoms with E-state index in [4.69, 9.17) is 6.42 Å². The van der Waals surface area contributed by atoms with Gasteiger partial charge in [0.05, 0.1) is 4.92 Å². The van der Waals surface area contributed by atoms with Gasteiger partial charge in [0, 0.05) is 29.1 Å². The fraction of sp³-hybridized carbons (Fsp3) is 0. The van der Waals surface area contributed by atoms with Crippen LogP contribution in [0.15, 0.2) is 48.5 Å². The number of anilines is 2. The minimum absolute atomic E-state index is 0.0392. The Bertz CT molecular complexity index is 718. The number of carbonyl (C=O) groups is 1. The Balaban J connectivity index is 2.01. The van der Waals surface area contributed by atoms with Gasteiger partial charge in [-0.2, -0.15) is 0 Å². The van der Waals surface area contributed by atoms with Crippen LogP contribution < -0.4 is 10.6 Å². The number of hydrogen-bond donors (Lipinski definition) is 2.